The van der Waals surface area contributed by atoms with Crippen LogP contribution in [0.5, 0.6) is 0 Å². The topological polar surface area (TPSA) is 58.6 Å². The lowest BCUT2D eigenvalue weighted by Gasteiger charge is -2.33. The lowest BCUT2D eigenvalue weighted by molar-refractivity contribution is 0.0111. The van der Waals surface area contributed by atoms with Gasteiger partial charge in [-0.1, -0.05) is 48.0 Å². The van der Waals surface area contributed by atoms with Crippen LogP contribution in [-0.4, -0.2) is 49.1 Å². The van der Waals surface area contributed by atoms with E-state index in [9.17, 15) is 9.59 Å². The van der Waals surface area contributed by atoms with Crippen LogP contribution in [0.25, 0.3) is 0 Å². The number of rotatable bonds is 5. The van der Waals surface area contributed by atoms with Crippen molar-refractivity contribution in [3.05, 3.63) is 71.3 Å². The molecule has 1 N–H and O–H groups in total. The number of hydrogen-bond donors (Lipinski definition) is 1. The number of benzene rings is 2. The summed E-state index contributed by atoms with van der Waals surface area (Å²) < 4.78 is 5.37. The molecular weight excluding hydrogens is 316 g/mol. The second-order valence-corrected chi connectivity index (χ2v) is 6.12. The molecule has 0 bridgehead atoms. The molecule has 3 rings (SSSR count). The van der Waals surface area contributed by atoms with E-state index in [2.05, 4.69) is 5.32 Å². The van der Waals surface area contributed by atoms with Gasteiger partial charge in [0, 0.05) is 24.2 Å². The molecule has 0 aliphatic carbocycles. The number of ketones is 1. The standard InChI is InChI=1S/C20H22N2O3/c1-15-7-9-17(10-8-15)20(24)21-19(22-11-13-25-14-12-22)18(23)16-5-3-2-4-6-16/h2-10,19H,11-14H2,1H3,(H,21,24)/t19-/m0/s1. The van der Waals surface area contributed by atoms with Crippen molar-refractivity contribution < 1.29 is 14.3 Å². The molecule has 0 radical (unpaired) electrons. The molecule has 5 heteroatoms. The molecule has 2 aromatic rings. The summed E-state index contributed by atoms with van der Waals surface area (Å²) in [5.41, 5.74) is 2.22. The molecule has 0 saturated carbocycles. The molecule has 1 atom stereocenters. The van der Waals surface area contributed by atoms with Crippen molar-refractivity contribution in [2.24, 2.45) is 0 Å². The molecule has 0 aromatic heterocycles. The van der Waals surface area contributed by atoms with Crippen molar-refractivity contribution in [3.8, 4) is 0 Å². The Hall–Kier alpha value is -2.50. The molecule has 1 aliphatic rings. The summed E-state index contributed by atoms with van der Waals surface area (Å²) in [7, 11) is 0. The van der Waals surface area contributed by atoms with Crippen LogP contribution in [0.15, 0.2) is 54.6 Å². The Kier molecular flexibility index (Phi) is 5.58. The van der Waals surface area contributed by atoms with E-state index in [4.69, 9.17) is 4.74 Å². The summed E-state index contributed by atoms with van der Waals surface area (Å²) in [5.74, 6) is -0.358. The smallest absolute Gasteiger partial charge is 0.252 e. The first-order valence-electron chi connectivity index (χ1n) is 8.44. The van der Waals surface area contributed by atoms with E-state index in [-0.39, 0.29) is 11.7 Å². The zero-order valence-electron chi connectivity index (χ0n) is 14.3. The van der Waals surface area contributed by atoms with E-state index in [1.807, 2.05) is 42.2 Å². The molecule has 1 amide bonds. The van der Waals surface area contributed by atoms with Gasteiger partial charge in [-0.2, -0.15) is 0 Å². The number of nitrogens with zero attached hydrogens (tertiary/aromatic N) is 1. The van der Waals surface area contributed by atoms with Crippen LogP contribution in [0.2, 0.25) is 0 Å². The maximum Gasteiger partial charge on any atom is 0.252 e. The van der Waals surface area contributed by atoms with Crippen LogP contribution >= 0.6 is 0 Å². The second-order valence-electron chi connectivity index (χ2n) is 6.12. The highest BCUT2D eigenvalue weighted by Crippen LogP contribution is 2.11. The Morgan fingerprint density at radius 2 is 1.60 bits per heavy atom. The molecule has 1 heterocycles. The molecule has 0 spiro atoms. The van der Waals surface area contributed by atoms with Crippen molar-refractivity contribution in [1.82, 2.24) is 10.2 Å². The average Bonchev–Trinajstić information content (AvgIpc) is 2.67. The van der Waals surface area contributed by atoms with Gasteiger partial charge < -0.3 is 10.1 Å². The van der Waals surface area contributed by atoms with Gasteiger partial charge in [0.15, 0.2) is 5.78 Å². The molecular formula is C20H22N2O3. The molecule has 5 nitrogen and oxygen atoms in total. The lowest BCUT2D eigenvalue weighted by Crippen LogP contribution is -2.56. The molecule has 2 aromatic carbocycles. The number of nitrogens with one attached hydrogen (secondary N) is 1. The Bertz CT molecular complexity index is 722. The molecule has 1 aliphatic heterocycles. The van der Waals surface area contributed by atoms with E-state index < -0.39 is 6.17 Å². The van der Waals surface area contributed by atoms with E-state index in [0.717, 1.165) is 5.56 Å². The van der Waals surface area contributed by atoms with Crippen molar-refractivity contribution in [1.29, 1.82) is 0 Å². The van der Waals surface area contributed by atoms with Crippen molar-refractivity contribution in [2.75, 3.05) is 26.3 Å². The minimum Gasteiger partial charge on any atom is -0.379 e. The minimum absolute atomic E-state index is 0.108. The van der Waals surface area contributed by atoms with Gasteiger partial charge in [0.2, 0.25) is 0 Å². The summed E-state index contributed by atoms with van der Waals surface area (Å²) in [6.45, 7) is 4.30. The summed E-state index contributed by atoms with van der Waals surface area (Å²) in [6.07, 6.45) is -0.694. The van der Waals surface area contributed by atoms with Gasteiger partial charge in [0.05, 0.1) is 13.2 Å². The maximum atomic E-state index is 13.0. The second kappa shape index (κ2) is 8.05. The van der Waals surface area contributed by atoms with Crippen molar-refractivity contribution in [2.45, 2.75) is 13.1 Å². The fraction of sp³-hybridized carbons (Fsp3) is 0.300. The average molecular weight is 338 g/mol. The third-order valence-electron chi connectivity index (χ3n) is 4.30. The van der Waals surface area contributed by atoms with Gasteiger partial charge in [-0.3, -0.25) is 14.5 Å². The van der Waals surface area contributed by atoms with Gasteiger partial charge in [0.25, 0.3) is 5.91 Å². The third kappa shape index (κ3) is 4.32. The van der Waals surface area contributed by atoms with Gasteiger partial charge in [-0.25, -0.2) is 0 Å². The highest BCUT2D eigenvalue weighted by Gasteiger charge is 2.29. The largest absolute Gasteiger partial charge is 0.379 e. The predicted molar refractivity (Wildman–Crippen MR) is 95.6 cm³/mol. The van der Waals surface area contributed by atoms with Crippen molar-refractivity contribution in [3.63, 3.8) is 0 Å². The molecule has 130 valence electrons. The molecule has 25 heavy (non-hydrogen) atoms. The first-order valence-corrected chi connectivity index (χ1v) is 8.44. The Balaban J connectivity index is 1.81. The quantitative estimate of drug-likeness (QED) is 0.850. The number of aryl methyl sites for hydroxylation is 1. The lowest BCUT2D eigenvalue weighted by atomic mass is 10.1. The highest BCUT2D eigenvalue weighted by molar-refractivity contribution is 6.04. The van der Waals surface area contributed by atoms with Gasteiger partial charge in [0.1, 0.15) is 6.17 Å². The van der Waals surface area contributed by atoms with Crippen molar-refractivity contribution >= 4 is 11.7 Å². The summed E-state index contributed by atoms with van der Waals surface area (Å²) in [5, 5.41) is 2.90. The number of hydrogen-bond acceptors (Lipinski definition) is 4. The highest BCUT2D eigenvalue weighted by atomic mass is 16.5. The van der Waals surface area contributed by atoms with Crippen LogP contribution in [0.1, 0.15) is 26.3 Å². The summed E-state index contributed by atoms with van der Waals surface area (Å²) in [6, 6.07) is 16.4. The fourth-order valence-electron chi connectivity index (χ4n) is 2.83. The van der Waals surface area contributed by atoms with Crippen LogP contribution in [0.3, 0.4) is 0 Å². The Morgan fingerprint density at radius 3 is 2.24 bits per heavy atom. The van der Waals surface area contributed by atoms with Gasteiger partial charge in [-0.05, 0) is 19.1 Å². The normalized spacial score (nSPS) is 16.2. The number of carbonyl (C=O) groups is 2. The molecule has 1 saturated heterocycles. The number of carbonyl (C=O) groups excluding carboxylic acids is 2. The van der Waals surface area contributed by atoms with E-state index in [1.165, 1.54) is 0 Å². The van der Waals surface area contributed by atoms with E-state index in [1.54, 1.807) is 24.3 Å². The number of morpholine rings is 1. The fourth-order valence-corrected chi connectivity index (χ4v) is 2.83. The number of Topliss-reactive ketones (excluding diaryl/α,β-unsaturated/α-hetero) is 1. The number of ether oxygens (including phenoxy) is 1. The molecule has 0 unspecified atom stereocenters. The monoisotopic (exact) mass is 338 g/mol. The van der Waals surface area contributed by atoms with Crippen LogP contribution in [0, 0.1) is 6.92 Å². The maximum absolute atomic E-state index is 13.0. The third-order valence-corrected chi connectivity index (χ3v) is 4.30. The zero-order valence-corrected chi connectivity index (χ0v) is 14.3. The predicted octanol–water partition coefficient (Wildman–Crippen LogP) is 2.27. The van der Waals surface area contributed by atoms with Gasteiger partial charge in [-0.15, -0.1) is 0 Å². The summed E-state index contributed by atoms with van der Waals surface area (Å²) in [4.78, 5) is 27.6. The summed E-state index contributed by atoms with van der Waals surface area (Å²) >= 11 is 0. The van der Waals surface area contributed by atoms with Crippen LogP contribution < -0.4 is 5.32 Å². The van der Waals surface area contributed by atoms with Crippen LogP contribution in [-0.2, 0) is 4.74 Å². The van der Waals surface area contributed by atoms with E-state index in [0.29, 0.717) is 37.4 Å². The van der Waals surface area contributed by atoms with Gasteiger partial charge >= 0.3 is 0 Å². The Morgan fingerprint density at radius 1 is 0.960 bits per heavy atom. The molecule has 1 fully saturated rings. The van der Waals surface area contributed by atoms with E-state index >= 15 is 0 Å². The number of amides is 1. The first kappa shape index (κ1) is 17.3. The minimum atomic E-state index is -0.694. The Labute approximate surface area is 147 Å². The zero-order chi connectivity index (χ0) is 17.6. The first-order chi connectivity index (χ1) is 12.1. The SMILES string of the molecule is Cc1ccc(C(=O)N[C@H](C(=O)c2ccccc2)N2CCOCC2)cc1. The van der Waals surface area contributed by atoms with Crippen LogP contribution in [0.4, 0.5) is 0 Å².